The topological polar surface area (TPSA) is 37.3 Å². The Kier molecular flexibility index (Phi) is 2.95. The average molecular weight is 312 g/mol. The van der Waals surface area contributed by atoms with Gasteiger partial charge in [0.05, 0.1) is 5.41 Å². The van der Waals surface area contributed by atoms with Crippen LogP contribution in [0.4, 0.5) is 0 Å². The van der Waals surface area contributed by atoms with E-state index in [0.717, 1.165) is 30.1 Å². The van der Waals surface area contributed by atoms with Crippen LogP contribution in [0.15, 0.2) is 24.8 Å². The highest BCUT2D eigenvalue weighted by Gasteiger charge is 2.65. The smallest absolute Gasteiger partial charge is 0.310 e. The van der Waals surface area contributed by atoms with Gasteiger partial charge in [-0.3, -0.25) is 4.79 Å². The Labute approximate surface area is 139 Å². The van der Waals surface area contributed by atoms with Gasteiger partial charge in [-0.1, -0.05) is 18.2 Å². The molecule has 0 aromatic rings. The quantitative estimate of drug-likeness (QED) is 0.775. The second-order valence-corrected chi connectivity index (χ2v) is 9.26. The van der Waals surface area contributed by atoms with E-state index in [2.05, 4.69) is 18.7 Å². The van der Waals surface area contributed by atoms with E-state index < -0.39 is 11.4 Å². The van der Waals surface area contributed by atoms with E-state index in [1.165, 1.54) is 32.1 Å². The van der Waals surface area contributed by atoms with Crippen molar-refractivity contribution < 1.29 is 9.90 Å². The van der Waals surface area contributed by atoms with Crippen LogP contribution >= 0.6 is 0 Å². The molecule has 0 aromatic heterocycles. The zero-order valence-electron chi connectivity index (χ0n) is 13.9. The Hall–Kier alpha value is -1.05. The molecule has 0 radical (unpaired) electrons. The van der Waals surface area contributed by atoms with Gasteiger partial charge in [0.15, 0.2) is 0 Å². The molecule has 6 aliphatic carbocycles. The number of rotatable bonds is 4. The minimum atomic E-state index is -0.554. The van der Waals surface area contributed by atoms with Gasteiger partial charge in [0.25, 0.3) is 0 Å². The fraction of sp³-hybridized carbons (Fsp3) is 0.762. The van der Waals surface area contributed by atoms with E-state index >= 15 is 0 Å². The lowest BCUT2D eigenvalue weighted by atomic mass is 9.46. The minimum Gasteiger partial charge on any atom is -0.481 e. The summed E-state index contributed by atoms with van der Waals surface area (Å²) < 4.78 is 0. The van der Waals surface area contributed by atoms with E-state index in [0.29, 0.717) is 24.2 Å². The fourth-order valence-electron chi connectivity index (χ4n) is 8.10. The zero-order chi connectivity index (χ0) is 15.8. The van der Waals surface area contributed by atoms with Crippen LogP contribution in [-0.2, 0) is 4.79 Å². The molecule has 6 aliphatic rings. The summed E-state index contributed by atoms with van der Waals surface area (Å²) in [6.45, 7) is 3.92. The van der Waals surface area contributed by atoms with Gasteiger partial charge >= 0.3 is 5.97 Å². The number of fused-ring (bicyclic) bond motifs is 2. The van der Waals surface area contributed by atoms with Crippen molar-refractivity contribution in [1.29, 1.82) is 0 Å². The van der Waals surface area contributed by atoms with Crippen LogP contribution in [0.3, 0.4) is 0 Å². The molecule has 5 saturated carbocycles. The van der Waals surface area contributed by atoms with Crippen molar-refractivity contribution in [3.05, 3.63) is 24.8 Å². The molecule has 23 heavy (non-hydrogen) atoms. The SMILES string of the molecule is C=CCC1(C(=O)O)C2C=CC(C2)C1C1C2CC3CC(C2)CC1C3. The monoisotopic (exact) mass is 312 g/mol. The van der Waals surface area contributed by atoms with Gasteiger partial charge in [0.2, 0.25) is 0 Å². The van der Waals surface area contributed by atoms with Gasteiger partial charge < -0.3 is 5.11 Å². The van der Waals surface area contributed by atoms with Crippen molar-refractivity contribution in [2.24, 2.45) is 52.8 Å². The molecule has 124 valence electrons. The first-order chi connectivity index (χ1) is 11.1. The molecule has 4 atom stereocenters. The fourth-order valence-corrected chi connectivity index (χ4v) is 8.10. The molecule has 0 amide bonds. The summed E-state index contributed by atoms with van der Waals surface area (Å²) in [6.07, 6.45) is 15.2. The lowest BCUT2D eigenvalue weighted by Gasteiger charge is -2.59. The Bertz CT molecular complexity index is 548. The van der Waals surface area contributed by atoms with Gasteiger partial charge in [0, 0.05) is 0 Å². The summed E-state index contributed by atoms with van der Waals surface area (Å²) >= 11 is 0. The van der Waals surface area contributed by atoms with Gasteiger partial charge in [-0.25, -0.2) is 0 Å². The Morgan fingerprint density at radius 2 is 1.74 bits per heavy atom. The molecule has 1 N–H and O–H groups in total. The third-order valence-corrected chi connectivity index (χ3v) is 8.43. The number of aliphatic carboxylic acids is 1. The second kappa shape index (κ2) is 4.74. The third-order valence-electron chi connectivity index (χ3n) is 8.43. The zero-order valence-corrected chi connectivity index (χ0v) is 13.9. The van der Waals surface area contributed by atoms with E-state index in [9.17, 15) is 9.90 Å². The van der Waals surface area contributed by atoms with E-state index in [4.69, 9.17) is 0 Å². The summed E-state index contributed by atoms with van der Waals surface area (Å²) in [7, 11) is 0. The Balaban J connectivity index is 1.57. The molecular weight excluding hydrogens is 284 g/mol. The van der Waals surface area contributed by atoms with Gasteiger partial charge in [-0.05, 0) is 92.3 Å². The molecule has 2 heteroatoms. The summed E-state index contributed by atoms with van der Waals surface area (Å²) in [4.78, 5) is 12.5. The maximum absolute atomic E-state index is 12.5. The third kappa shape index (κ3) is 1.73. The van der Waals surface area contributed by atoms with Crippen LogP contribution in [0, 0.1) is 52.8 Å². The largest absolute Gasteiger partial charge is 0.481 e. The van der Waals surface area contributed by atoms with Crippen LogP contribution in [0.2, 0.25) is 0 Å². The lowest BCUT2D eigenvalue weighted by Crippen LogP contribution is -2.54. The molecule has 0 heterocycles. The maximum atomic E-state index is 12.5. The second-order valence-electron chi connectivity index (χ2n) is 9.26. The summed E-state index contributed by atoms with van der Waals surface area (Å²) in [6, 6.07) is 0. The maximum Gasteiger partial charge on any atom is 0.310 e. The summed E-state index contributed by atoms with van der Waals surface area (Å²) in [5.74, 6) is 4.78. The minimum absolute atomic E-state index is 0.241. The molecule has 2 nitrogen and oxygen atoms in total. The number of carboxylic acids is 1. The van der Waals surface area contributed by atoms with Crippen LogP contribution in [0.25, 0.3) is 0 Å². The molecule has 0 aromatic carbocycles. The van der Waals surface area contributed by atoms with Gasteiger partial charge in [0.1, 0.15) is 0 Å². The van der Waals surface area contributed by atoms with E-state index in [1.54, 1.807) is 0 Å². The molecule has 6 bridgehead atoms. The first-order valence-electron chi connectivity index (χ1n) is 9.66. The van der Waals surface area contributed by atoms with Crippen LogP contribution < -0.4 is 0 Å². The van der Waals surface area contributed by atoms with Crippen LogP contribution in [0.5, 0.6) is 0 Å². The van der Waals surface area contributed by atoms with Crippen molar-refractivity contribution in [2.75, 3.05) is 0 Å². The Morgan fingerprint density at radius 3 is 2.30 bits per heavy atom. The van der Waals surface area contributed by atoms with E-state index in [-0.39, 0.29) is 5.92 Å². The lowest BCUT2D eigenvalue weighted by molar-refractivity contribution is -0.162. The number of hydrogen-bond donors (Lipinski definition) is 1. The van der Waals surface area contributed by atoms with Crippen molar-refractivity contribution >= 4 is 5.97 Å². The number of hydrogen-bond acceptors (Lipinski definition) is 1. The van der Waals surface area contributed by atoms with Crippen LogP contribution in [-0.4, -0.2) is 11.1 Å². The molecule has 4 unspecified atom stereocenters. The molecule has 0 saturated heterocycles. The standard InChI is InChI=1S/C21H28O2/c1-2-5-21(20(22)23)17-4-3-14(11-17)19(21)18-15-7-12-6-13(9-15)10-16(18)8-12/h2-4,12-19H,1,5-11H2,(H,22,23). The molecular formula is C21H28O2. The number of carboxylic acid groups (broad SMARTS) is 1. The summed E-state index contributed by atoms with van der Waals surface area (Å²) in [5, 5.41) is 10.3. The first-order valence-corrected chi connectivity index (χ1v) is 9.66. The number of carbonyl (C=O) groups is 1. The molecule has 0 aliphatic heterocycles. The van der Waals surface area contributed by atoms with E-state index in [1.807, 2.05) is 6.08 Å². The highest BCUT2D eigenvalue weighted by Crippen LogP contribution is 2.68. The molecule has 6 rings (SSSR count). The number of allylic oxidation sites excluding steroid dienone is 3. The highest BCUT2D eigenvalue weighted by atomic mass is 16.4. The van der Waals surface area contributed by atoms with Crippen molar-refractivity contribution in [3.63, 3.8) is 0 Å². The first kappa shape index (κ1) is 14.3. The normalized spacial score (nSPS) is 55.5. The van der Waals surface area contributed by atoms with Gasteiger partial charge in [-0.2, -0.15) is 0 Å². The van der Waals surface area contributed by atoms with Crippen molar-refractivity contribution in [2.45, 2.75) is 44.9 Å². The molecule has 5 fully saturated rings. The predicted octanol–water partition coefficient (Wildman–Crippen LogP) is 4.53. The van der Waals surface area contributed by atoms with Gasteiger partial charge in [-0.15, -0.1) is 6.58 Å². The highest BCUT2D eigenvalue weighted by molar-refractivity contribution is 5.77. The predicted molar refractivity (Wildman–Crippen MR) is 89.6 cm³/mol. The van der Waals surface area contributed by atoms with Crippen molar-refractivity contribution in [3.8, 4) is 0 Å². The van der Waals surface area contributed by atoms with Crippen molar-refractivity contribution in [1.82, 2.24) is 0 Å². The average Bonchev–Trinajstić information content (AvgIpc) is 3.08. The summed E-state index contributed by atoms with van der Waals surface area (Å²) in [5.41, 5.74) is -0.554. The van der Waals surface area contributed by atoms with Crippen LogP contribution in [0.1, 0.15) is 44.9 Å². The molecule has 0 spiro atoms. The Morgan fingerprint density at radius 1 is 1.09 bits per heavy atom.